The van der Waals surface area contributed by atoms with Gasteiger partial charge in [0.15, 0.2) is 0 Å². The van der Waals surface area contributed by atoms with E-state index < -0.39 is 46.5 Å². The molecular weight excluding hydrogens is 526 g/mol. The first-order chi connectivity index (χ1) is 17.7. The van der Waals surface area contributed by atoms with E-state index in [-0.39, 0.29) is 35.1 Å². The van der Waals surface area contributed by atoms with Crippen molar-refractivity contribution in [3.05, 3.63) is 46.7 Å². The zero-order valence-corrected chi connectivity index (χ0v) is 21.0. The molecule has 0 radical (unpaired) electrons. The predicted octanol–water partition coefficient (Wildman–Crippen LogP) is -0.451. The number of nitrogens with two attached hydrogens (primary N) is 1. The van der Waals surface area contributed by atoms with E-state index in [0.717, 1.165) is 34.0 Å². The SMILES string of the molecule is CO[C@@]1(NC(=O)Cc2ccccc2CN)C(=O)N2C(C(=O)O)=C(C(CC(=O)O)Sc3nnn[nH]3)CS[C@H]21. The summed E-state index contributed by atoms with van der Waals surface area (Å²) >= 11 is 2.10. The molecule has 0 aliphatic carbocycles. The molecule has 14 nitrogen and oxygen atoms in total. The van der Waals surface area contributed by atoms with Gasteiger partial charge in [-0.2, -0.15) is 0 Å². The Balaban J connectivity index is 1.61. The molecule has 0 saturated carbocycles. The number of H-pyrrole nitrogens is 1. The van der Waals surface area contributed by atoms with Crippen molar-refractivity contribution in [1.82, 2.24) is 30.8 Å². The minimum Gasteiger partial charge on any atom is -0.481 e. The van der Waals surface area contributed by atoms with Crippen LogP contribution < -0.4 is 11.1 Å². The lowest BCUT2D eigenvalue weighted by Gasteiger charge is -2.56. The first-order valence-electron chi connectivity index (χ1n) is 10.9. The summed E-state index contributed by atoms with van der Waals surface area (Å²) in [4.78, 5) is 51.2. The average Bonchev–Trinajstić information content (AvgIpc) is 3.39. The van der Waals surface area contributed by atoms with E-state index >= 15 is 0 Å². The summed E-state index contributed by atoms with van der Waals surface area (Å²) in [6.45, 7) is 0.235. The number of β-lactam (4-membered cyclic amide) rings is 1. The number of carboxylic acids is 2. The highest BCUT2D eigenvalue weighted by Crippen LogP contribution is 2.48. The van der Waals surface area contributed by atoms with E-state index in [1.807, 2.05) is 0 Å². The number of aliphatic carboxylic acids is 2. The second-order valence-electron chi connectivity index (χ2n) is 8.07. The number of aromatic nitrogens is 4. The van der Waals surface area contributed by atoms with Crippen molar-refractivity contribution in [2.75, 3.05) is 12.9 Å². The lowest BCUT2D eigenvalue weighted by molar-refractivity contribution is -0.192. The van der Waals surface area contributed by atoms with Gasteiger partial charge in [-0.3, -0.25) is 19.3 Å². The van der Waals surface area contributed by atoms with E-state index in [1.54, 1.807) is 24.3 Å². The van der Waals surface area contributed by atoms with Crippen molar-refractivity contribution in [2.24, 2.45) is 5.73 Å². The molecule has 1 aromatic carbocycles. The molecule has 3 heterocycles. The standard InChI is InChI=1S/C21H23N7O7S2/c1-35-21(23-14(29)6-10-4-2-3-5-11(10)8-22)18(34)28-16(17(32)33)12(9-36-19(21)28)13(7-15(30)31)37-20-24-26-27-25-20/h2-5,13,19H,6-9,22H2,1H3,(H,23,29)(H,30,31)(H,32,33)(H,24,25,26,27)/t13?,19-,21-/m0/s1. The Hall–Kier alpha value is -3.47. The van der Waals surface area contributed by atoms with Crippen molar-refractivity contribution in [3.63, 3.8) is 0 Å². The van der Waals surface area contributed by atoms with Crippen molar-refractivity contribution in [2.45, 2.75) is 40.9 Å². The topological polar surface area (TPSA) is 214 Å². The van der Waals surface area contributed by atoms with Crippen molar-refractivity contribution in [3.8, 4) is 0 Å². The highest BCUT2D eigenvalue weighted by atomic mass is 32.2. The molecule has 3 atom stereocenters. The molecule has 37 heavy (non-hydrogen) atoms. The van der Waals surface area contributed by atoms with E-state index in [9.17, 15) is 29.4 Å². The van der Waals surface area contributed by atoms with Gasteiger partial charge in [-0.15, -0.1) is 16.9 Å². The van der Waals surface area contributed by atoms with Crippen LogP contribution in [0.25, 0.3) is 0 Å². The lowest BCUT2D eigenvalue weighted by Crippen LogP contribution is -2.80. The van der Waals surface area contributed by atoms with Crippen LogP contribution >= 0.6 is 23.5 Å². The Morgan fingerprint density at radius 3 is 2.68 bits per heavy atom. The van der Waals surface area contributed by atoms with E-state index in [2.05, 4.69) is 25.9 Å². The third-order valence-corrected chi connectivity index (χ3v) is 8.40. The van der Waals surface area contributed by atoms with Gasteiger partial charge in [-0.25, -0.2) is 9.89 Å². The number of hydrogen-bond acceptors (Lipinski definition) is 11. The monoisotopic (exact) mass is 549 g/mol. The maximum absolute atomic E-state index is 13.4. The largest absolute Gasteiger partial charge is 0.481 e. The number of rotatable bonds is 11. The summed E-state index contributed by atoms with van der Waals surface area (Å²) in [5.74, 6) is -3.78. The third kappa shape index (κ3) is 5.04. The highest BCUT2D eigenvalue weighted by molar-refractivity contribution is 8.01. The van der Waals surface area contributed by atoms with Gasteiger partial charge in [0.1, 0.15) is 11.1 Å². The normalized spacial score (nSPS) is 21.7. The molecule has 0 bridgehead atoms. The Kier molecular flexibility index (Phi) is 7.82. The Labute approximate surface area is 218 Å². The van der Waals surface area contributed by atoms with Gasteiger partial charge in [0, 0.05) is 24.7 Å². The molecule has 1 aromatic heterocycles. The quantitative estimate of drug-likeness (QED) is 0.137. The number of carbonyl (C=O) groups excluding carboxylic acids is 2. The Bertz CT molecular complexity index is 1260. The number of benzene rings is 1. The fourth-order valence-electron chi connectivity index (χ4n) is 4.23. The summed E-state index contributed by atoms with van der Waals surface area (Å²) in [5.41, 5.74) is 5.31. The zero-order chi connectivity index (χ0) is 26.7. The number of nitrogens with zero attached hydrogens (tertiary/aromatic N) is 4. The van der Waals surface area contributed by atoms with Gasteiger partial charge in [0.25, 0.3) is 11.6 Å². The number of amides is 2. The van der Waals surface area contributed by atoms with Crippen LogP contribution in [0.1, 0.15) is 17.5 Å². The number of methoxy groups -OCH3 is 1. The van der Waals surface area contributed by atoms with Crippen LogP contribution in [0.3, 0.4) is 0 Å². The molecule has 0 spiro atoms. The van der Waals surface area contributed by atoms with Gasteiger partial charge in [0.2, 0.25) is 11.1 Å². The molecule has 196 valence electrons. The molecule has 2 aliphatic heterocycles. The molecule has 2 aliphatic rings. The second-order valence-corrected chi connectivity index (χ2v) is 10.3. The molecule has 4 rings (SSSR count). The van der Waals surface area contributed by atoms with Gasteiger partial charge in [-0.1, -0.05) is 36.0 Å². The maximum atomic E-state index is 13.4. The number of ether oxygens (including phenoxy) is 1. The number of thioether (sulfide) groups is 2. The Morgan fingerprint density at radius 2 is 2.08 bits per heavy atom. The first kappa shape index (κ1) is 26.6. The van der Waals surface area contributed by atoms with Crippen molar-refractivity contribution < 1.29 is 34.1 Å². The summed E-state index contributed by atoms with van der Waals surface area (Å²) in [5, 5.41) is 33.7. The van der Waals surface area contributed by atoms with Gasteiger partial charge < -0.3 is 26.0 Å². The fourth-order valence-corrected chi connectivity index (χ4v) is 6.86. The van der Waals surface area contributed by atoms with Crippen LogP contribution in [0, 0.1) is 0 Å². The van der Waals surface area contributed by atoms with Crippen molar-refractivity contribution in [1.29, 1.82) is 0 Å². The zero-order valence-electron chi connectivity index (χ0n) is 19.4. The van der Waals surface area contributed by atoms with Crippen LogP contribution in [0.5, 0.6) is 0 Å². The highest BCUT2D eigenvalue weighted by Gasteiger charge is 2.66. The smallest absolute Gasteiger partial charge is 0.352 e. The van der Waals surface area contributed by atoms with Crippen LogP contribution in [0.15, 0.2) is 40.7 Å². The molecule has 16 heteroatoms. The summed E-state index contributed by atoms with van der Waals surface area (Å²) in [6, 6.07) is 7.13. The van der Waals surface area contributed by atoms with Gasteiger partial charge >= 0.3 is 11.9 Å². The molecule has 1 saturated heterocycles. The van der Waals surface area contributed by atoms with Crippen molar-refractivity contribution >= 4 is 47.3 Å². The number of tetrazole rings is 1. The van der Waals surface area contributed by atoms with Crippen LogP contribution in [0.4, 0.5) is 0 Å². The van der Waals surface area contributed by atoms with Crippen LogP contribution in [0.2, 0.25) is 0 Å². The molecule has 1 unspecified atom stereocenters. The summed E-state index contributed by atoms with van der Waals surface area (Å²) in [6.07, 6.45) is -0.490. The maximum Gasteiger partial charge on any atom is 0.352 e. The molecular formula is C21H23N7O7S2. The minimum atomic E-state index is -1.78. The van der Waals surface area contributed by atoms with Crippen LogP contribution in [-0.2, 0) is 36.9 Å². The first-order valence-corrected chi connectivity index (χ1v) is 12.8. The number of carboxylic acid groups (broad SMARTS) is 2. The predicted molar refractivity (Wildman–Crippen MR) is 130 cm³/mol. The summed E-state index contributed by atoms with van der Waals surface area (Å²) < 4.78 is 5.48. The fraction of sp³-hybridized carbons (Fsp3) is 0.381. The Morgan fingerprint density at radius 1 is 1.35 bits per heavy atom. The molecule has 1 fully saturated rings. The third-order valence-electron chi connectivity index (χ3n) is 5.93. The number of nitrogens with one attached hydrogen (secondary N) is 2. The molecule has 2 amide bonds. The van der Waals surface area contributed by atoms with E-state index in [1.165, 1.54) is 7.11 Å². The average molecular weight is 550 g/mol. The van der Waals surface area contributed by atoms with E-state index in [0.29, 0.717) is 5.56 Å². The number of hydrogen-bond donors (Lipinski definition) is 5. The molecule has 6 N–H and O–H groups in total. The molecule has 2 aromatic rings. The van der Waals surface area contributed by atoms with Gasteiger partial charge in [0.05, 0.1) is 12.8 Å². The second kappa shape index (κ2) is 10.9. The summed E-state index contributed by atoms with van der Waals surface area (Å²) in [7, 11) is 1.25. The van der Waals surface area contributed by atoms with E-state index in [4.69, 9.17) is 10.5 Å². The number of aromatic amines is 1. The van der Waals surface area contributed by atoms with Crippen LogP contribution in [-0.4, -0.2) is 88.7 Å². The number of fused-ring (bicyclic) bond motifs is 1. The lowest BCUT2D eigenvalue weighted by atomic mass is 9.96. The minimum absolute atomic E-state index is 0.0570. The number of carbonyl (C=O) groups is 4. The van der Waals surface area contributed by atoms with Gasteiger partial charge in [-0.05, 0) is 27.1 Å².